The van der Waals surface area contributed by atoms with Crippen LogP contribution in [0.1, 0.15) is 31.9 Å². The van der Waals surface area contributed by atoms with E-state index in [2.05, 4.69) is 62.5 Å². The third-order valence-electron chi connectivity index (χ3n) is 3.25. The highest BCUT2D eigenvalue weighted by Gasteiger charge is 2.08. The predicted molar refractivity (Wildman–Crippen MR) is 88.7 cm³/mol. The van der Waals surface area contributed by atoms with Gasteiger partial charge in [0.05, 0.1) is 6.61 Å². The molecule has 0 heterocycles. The highest BCUT2D eigenvalue weighted by molar-refractivity contribution is 5.27. The van der Waals surface area contributed by atoms with Crippen LogP contribution >= 0.6 is 0 Å². The summed E-state index contributed by atoms with van der Waals surface area (Å²) in [5, 5.41) is 3.48. The molecule has 2 nitrogen and oxygen atoms in total. The molecule has 0 fully saturated rings. The van der Waals surface area contributed by atoms with Gasteiger partial charge in [-0.15, -0.1) is 0 Å². The van der Waals surface area contributed by atoms with Gasteiger partial charge in [0, 0.05) is 18.5 Å². The molecule has 0 aliphatic heterocycles. The number of nitrogens with one attached hydrogen (secondary N) is 1. The van der Waals surface area contributed by atoms with E-state index in [0.717, 1.165) is 18.7 Å². The molecule has 0 saturated heterocycles. The third-order valence-corrected chi connectivity index (χ3v) is 3.25. The Morgan fingerprint density at radius 1 is 0.857 bits per heavy atom. The summed E-state index contributed by atoms with van der Waals surface area (Å²) in [6.07, 6.45) is 0.939. The summed E-state index contributed by atoms with van der Waals surface area (Å²) in [4.78, 5) is 0. The van der Waals surface area contributed by atoms with Crippen molar-refractivity contribution in [3.05, 3.63) is 65.7 Å². The second-order valence-electron chi connectivity index (χ2n) is 6.33. The fourth-order valence-electron chi connectivity index (χ4n) is 2.00. The molecule has 0 aromatic heterocycles. The number of ether oxygens (including phenoxy) is 1. The molecule has 0 bridgehead atoms. The van der Waals surface area contributed by atoms with E-state index < -0.39 is 0 Å². The van der Waals surface area contributed by atoms with E-state index >= 15 is 0 Å². The molecule has 1 N–H and O–H groups in total. The lowest BCUT2D eigenvalue weighted by Crippen LogP contribution is -2.35. The zero-order chi connectivity index (χ0) is 15.1. The van der Waals surface area contributed by atoms with Gasteiger partial charge in [0.25, 0.3) is 0 Å². The predicted octanol–water partition coefficient (Wildman–Crippen LogP) is 4.20. The first-order chi connectivity index (χ1) is 10.0. The van der Waals surface area contributed by atoms with Gasteiger partial charge in [-0.05, 0) is 44.0 Å². The number of hydrogen-bond acceptors (Lipinski definition) is 2. The molecule has 0 saturated carbocycles. The van der Waals surface area contributed by atoms with Crippen LogP contribution in [0.3, 0.4) is 0 Å². The van der Waals surface area contributed by atoms with Crippen molar-refractivity contribution >= 4 is 0 Å². The maximum atomic E-state index is 5.79. The molecule has 21 heavy (non-hydrogen) atoms. The molecule has 0 radical (unpaired) electrons. The minimum atomic E-state index is 0.144. The van der Waals surface area contributed by atoms with Gasteiger partial charge in [-0.3, -0.25) is 0 Å². The largest absolute Gasteiger partial charge is 0.493 e. The molecule has 112 valence electrons. The van der Waals surface area contributed by atoms with Crippen molar-refractivity contribution in [3.63, 3.8) is 0 Å². The monoisotopic (exact) mass is 283 g/mol. The highest BCUT2D eigenvalue weighted by Crippen LogP contribution is 2.13. The summed E-state index contributed by atoms with van der Waals surface area (Å²) >= 11 is 0. The fraction of sp³-hybridized carbons (Fsp3) is 0.368. The molecule has 2 aromatic carbocycles. The van der Waals surface area contributed by atoms with Crippen LogP contribution in [0.25, 0.3) is 0 Å². The van der Waals surface area contributed by atoms with Crippen molar-refractivity contribution in [2.45, 2.75) is 39.3 Å². The summed E-state index contributed by atoms with van der Waals surface area (Å²) in [7, 11) is 0. The van der Waals surface area contributed by atoms with E-state index in [0.29, 0.717) is 6.61 Å². The first kappa shape index (κ1) is 15.6. The summed E-state index contributed by atoms with van der Waals surface area (Å²) in [5.74, 6) is 0.936. The highest BCUT2D eigenvalue weighted by atomic mass is 16.5. The van der Waals surface area contributed by atoms with E-state index in [1.165, 1.54) is 11.1 Å². The van der Waals surface area contributed by atoms with E-state index in [-0.39, 0.29) is 5.54 Å². The topological polar surface area (TPSA) is 21.3 Å². The van der Waals surface area contributed by atoms with Crippen LogP contribution in [-0.2, 0) is 13.0 Å². The van der Waals surface area contributed by atoms with Crippen LogP contribution in [0.5, 0.6) is 5.75 Å². The zero-order valence-electron chi connectivity index (χ0n) is 13.2. The van der Waals surface area contributed by atoms with Crippen LogP contribution < -0.4 is 10.1 Å². The van der Waals surface area contributed by atoms with Crippen molar-refractivity contribution in [1.82, 2.24) is 5.32 Å². The fourth-order valence-corrected chi connectivity index (χ4v) is 2.00. The Kier molecular flexibility index (Phi) is 5.40. The Morgan fingerprint density at radius 2 is 1.52 bits per heavy atom. The maximum absolute atomic E-state index is 5.79. The molecule has 0 spiro atoms. The minimum Gasteiger partial charge on any atom is -0.493 e. The average Bonchev–Trinajstić information content (AvgIpc) is 2.47. The van der Waals surface area contributed by atoms with Gasteiger partial charge in [0.2, 0.25) is 0 Å². The molecular formula is C19H25NO. The Labute approximate surface area is 128 Å². The molecule has 0 aliphatic rings. The standard InChI is InChI=1S/C19H25NO/c1-19(2,3)20-15-17-9-11-18(12-10-17)21-14-13-16-7-5-4-6-8-16/h4-12,20H,13-15H2,1-3H3. The zero-order valence-corrected chi connectivity index (χ0v) is 13.2. The molecular weight excluding hydrogens is 258 g/mol. The second-order valence-corrected chi connectivity index (χ2v) is 6.33. The number of hydrogen-bond donors (Lipinski definition) is 1. The van der Waals surface area contributed by atoms with Gasteiger partial charge in [0.15, 0.2) is 0 Å². The molecule has 2 heteroatoms. The Balaban J connectivity index is 1.77. The van der Waals surface area contributed by atoms with Crippen molar-refractivity contribution in [2.24, 2.45) is 0 Å². The van der Waals surface area contributed by atoms with Gasteiger partial charge >= 0.3 is 0 Å². The van der Waals surface area contributed by atoms with Gasteiger partial charge in [-0.25, -0.2) is 0 Å². The maximum Gasteiger partial charge on any atom is 0.119 e. The molecule has 0 atom stereocenters. The SMILES string of the molecule is CC(C)(C)NCc1ccc(OCCc2ccccc2)cc1. The van der Waals surface area contributed by atoms with E-state index in [9.17, 15) is 0 Å². The summed E-state index contributed by atoms with van der Waals surface area (Å²) in [5.41, 5.74) is 2.73. The van der Waals surface area contributed by atoms with Crippen LogP contribution in [-0.4, -0.2) is 12.1 Å². The molecule has 0 amide bonds. The smallest absolute Gasteiger partial charge is 0.119 e. The third kappa shape index (κ3) is 6.01. The summed E-state index contributed by atoms with van der Waals surface area (Å²) < 4.78 is 5.79. The van der Waals surface area contributed by atoms with Gasteiger partial charge < -0.3 is 10.1 Å². The quantitative estimate of drug-likeness (QED) is 0.858. The van der Waals surface area contributed by atoms with E-state index in [1.807, 2.05) is 18.2 Å². The van der Waals surface area contributed by atoms with Gasteiger partial charge in [0.1, 0.15) is 5.75 Å². The first-order valence-corrected chi connectivity index (χ1v) is 7.54. The van der Waals surface area contributed by atoms with Crippen molar-refractivity contribution in [3.8, 4) is 5.75 Å². The van der Waals surface area contributed by atoms with Gasteiger partial charge in [-0.2, -0.15) is 0 Å². The lowest BCUT2D eigenvalue weighted by molar-refractivity contribution is 0.322. The van der Waals surface area contributed by atoms with Crippen LogP contribution in [0.15, 0.2) is 54.6 Å². The van der Waals surface area contributed by atoms with Crippen LogP contribution in [0, 0.1) is 0 Å². The van der Waals surface area contributed by atoms with E-state index in [1.54, 1.807) is 0 Å². The summed E-state index contributed by atoms with van der Waals surface area (Å²) in [6.45, 7) is 8.12. The molecule has 0 aliphatic carbocycles. The molecule has 2 rings (SSSR count). The molecule has 0 unspecified atom stereocenters. The van der Waals surface area contributed by atoms with Crippen LogP contribution in [0.2, 0.25) is 0 Å². The average molecular weight is 283 g/mol. The first-order valence-electron chi connectivity index (χ1n) is 7.54. The van der Waals surface area contributed by atoms with Crippen LogP contribution in [0.4, 0.5) is 0 Å². The lowest BCUT2D eigenvalue weighted by atomic mass is 10.1. The van der Waals surface area contributed by atoms with Gasteiger partial charge in [-0.1, -0.05) is 42.5 Å². The second kappa shape index (κ2) is 7.28. The number of rotatable bonds is 6. The normalized spacial score (nSPS) is 11.4. The number of benzene rings is 2. The van der Waals surface area contributed by atoms with E-state index in [4.69, 9.17) is 4.74 Å². The molecule has 2 aromatic rings. The van der Waals surface area contributed by atoms with Crippen molar-refractivity contribution in [2.75, 3.05) is 6.61 Å². The van der Waals surface area contributed by atoms with Crippen molar-refractivity contribution in [1.29, 1.82) is 0 Å². The Hall–Kier alpha value is -1.80. The Morgan fingerprint density at radius 3 is 2.14 bits per heavy atom. The Bertz CT molecular complexity index is 526. The summed E-state index contributed by atoms with van der Waals surface area (Å²) in [6, 6.07) is 18.8. The van der Waals surface area contributed by atoms with Crippen molar-refractivity contribution < 1.29 is 4.74 Å². The lowest BCUT2D eigenvalue weighted by Gasteiger charge is -2.20. The minimum absolute atomic E-state index is 0.144.